The van der Waals surface area contributed by atoms with Crippen molar-refractivity contribution in [3.63, 3.8) is 0 Å². The van der Waals surface area contributed by atoms with Crippen molar-refractivity contribution in [2.45, 2.75) is 11.4 Å². The highest BCUT2D eigenvalue weighted by Gasteiger charge is 2.26. The molecule has 0 unspecified atom stereocenters. The fraction of sp³-hybridized carbons (Fsp3) is 0.120. The molecule has 3 rings (SSSR count). The van der Waals surface area contributed by atoms with Gasteiger partial charge in [0.1, 0.15) is 18.2 Å². The van der Waals surface area contributed by atoms with Gasteiger partial charge in [0.15, 0.2) is 0 Å². The molecule has 0 aliphatic heterocycles. The van der Waals surface area contributed by atoms with E-state index in [0.717, 1.165) is 4.31 Å². The molecule has 0 radical (unpaired) electrons. The number of carbonyl (C=O) groups excluding carboxylic acids is 1. The highest BCUT2D eigenvalue weighted by molar-refractivity contribution is 7.89. The van der Waals surface area contributed by atoms with Crippen LogP contribution in [0.15, 0.2) is 102 Å². The molecule has 0 aliphatic carbocycles. The maximum absolute atomic E-state index is 13.3. The zero-order valence-electron chi connectivity index (χ0n) is 18.3. The monoisotopic (exact) mass is 481 g/mol. The summed E-state index contributed by atoms with van der Waals surface area (Å²) < 4.78 is 46.1. The van der Waals surface area contributed by atoms with E-state index in [1.54, 1.807) is 48.5 Å². The third-order valence-corrected chi connectivity index (χ3v) is 6.41. The minimum atomic E-state index is -3.99. The van der Waals surface area contributed by atoms with Gasteiger partial charge >= 0.3 is 0 Å². The minimum Gasteiger partial charge on any atom is -0.490 e. The Kier molecular flexibility index (Phi) is 8.66. The van der Waals surface area contributed by atoms with E-state index in [1.165, 1.54) is 42.6 Å². The van der Waals surface area contributed by atoms with Crippen molar-refractivity contribution in [2.24, 2.45) is 5.10 Å². The summed E-state index contributed by atoms with van der Waals surface area (Å²) in [5.74, 6) is -0.446. The fourth-order valence-corrected chi connectivity index (χ4v) is 4.38. The first kappa shape index (κ1) is 24.8. The molecule has 1 N–H and O–H groups in total. The van der Waals surface area contributed by atoms with Gasteiger partial charge in [-0.05, 0) is 47.5 Å². The van der Waals surface area contributed by atoms with Gasteiger partial charge in [0.05, 0.1) is 17.7 Å². The van der Waals surface area contributed by atoms with Crippen LogP contribution in [0.25, 0.3) is 0 Å². The van der Waals surface area contributed by atoms with E-state index in [1.807, 2.05) is 0 Å². The molecular formula is C25H24FN3O4S. The van der Waals surface area contributed by atoms with Crippen LogP contribution in [0.3, 0.4) is 0 Å². The van der Waals surface area contributed by atoms with Gasteiger partial charge in [-0.25, -0.2) is 18.2 Å². The van der Waals surface area contributed by atoms with Crippen molar-refractivity contribution in [1.82, 2.24) is 9.73 Å². The van der Waals surface area contributed by atoms with E-state index in [0.29, 0.717) is 23.5 Å². The lowest BCUT2D eigenvalue weighted by molar-refractivity contribution is -0.121. The number of nitrogens with one attached hydrogen (secondary N) is 1. The second-order valence-electron chi connectivity index (χ2n) is 7.18. The van der Waals surface area contributed by atoms with Crippen LogP contribution in [0, 0.1) is 5.82 Å². The lowest BCUT2D eigenvalue weighted by Gasteiger charge is -2.21. The first-order valence-corrected chi connectivity index (χ1v) is 11.8. The standard InChI is InChI=1S/C25H24FN3O4S/c1-2-15-33-23-8-6-7-21(16-23)17-27-28-25(30)19-29(18-20-11-13-22(26)14-12-20)34(31,32)24-9-4-3-5-10-24/h2-14,16-17H,1,15,18-19H2,(H,28,30)/b27-17-. The van der Waals surface area contributed by atoms with Crippen LogP contribution in [0.5, 0.6) is 5.75 Å². The van der Waals surface area contributed by atoms with Crippen LogP contribution in [0.4, 0.5) is 4.39 Å². The van der Waals surface area contributed by atoms with Crippen molar-refractivity contribution >= 4 is 22.1 Å². The van der Waals surface area contributed by atoms with E-state index in [-0.39, 0.29) is 11.4 Å². The SMILES string of the molecule is C=CCOc1cccc(/C=N\NC(=O)CN(Cc2ccc(F)cc2)S(=O)(=O)c2ccccc2)c1. The predicted octanol–water partition coefficient (Wildman–Crippen LogP) is 3.73. The molecule has 0 saturated heterocycles. The van der Waals surface area contributed by atoms with Gasteiger partial charge in [-0.3, -0.25) is 4.79 Å². The average Bonchev–Trinajstić information content (AvgIpc) is 2.84. The van der Waals surface area contributed by atoms with Crippen LogP contribution in [0.1, 0.15) is 11.1 Å². The number of hydrazone groups is 1. The molecule has 9 heteroatoms. The summed E-state index contributed by atoms with van der Waals surface area (Å²) in [4.78, 5) is 12.6. The molecule has 0 atom stereocenters. The van der Waals surface area contributed by atoms with E-state index >= 15 is 0 Å². The molecule has 7 nitrogen and oxygen atoms in total. The molecule has 0 aliphatic rings. The van der Waals surface area contributed by atoms with Gasteiger partial charge < -0.3 is 4.74 Å². The average molecular weight is 482 g/mol. The van der Waals surface area contributed by atoms with Crippen molar-refractivity contribution in [1.29, 1.82) is 0 Å². The number of hydrogen-bond acceptors (Lipinski definition) is 5. The van der Waals surface area contributed by atoms with E-state index in [4.69, 9.17) is 4.74 Å². The highest BCUT2D eigenvalue weighted by Crippen LogP contribution is 2.18. The summed E-state index contributed by atoms with van der Waals surface area (Å²) in [5, 5.41) is 3.92. The zero-order chi connectivity index (χ0) is 24.4. The zero-order valence-corrected chi connectivity index (χ0v) is 19.1. The lowest BCUT2D eigenvalue weighted by atomic mass is 10.2. The number of halogens is 1. The molecule has 0 spiro atoms. The Morgan fingerprint density at radius 1 is 1.06 bits per heavy atom. The summed E-state index contributed by atoms with van der Waals surface area (Å²) in [6.07, 6.45) is 3.05. The Balaban J connectivity index is 1.72. The normalized spacial score (nSPS) is 11.5. The van der Waals surface area contributed by atoms with Gasteiger partial charge in [-0.2, -0.15) is 9.41 Å². The minimum absolute atomic E-state index is 0.0461. The number of sulfonamides is 1. The molecule has 0 aromatic heterocycles. The Bertz CT molecular complexity index is 1250. The molecule has 34 heavy (non-hydrogen) atoms. The quantitative estimate of drug-likeness (QED) is 0.257. The Morgan fingerprint density at radius 3 is 2.50 bits per heavy atom. The summed E-state index contributed by atoms with van der Waals surface area (Å²) >= 11 is 0. The summed E-state index contributed by atoms with van der Waals surface area (Å²) in [6.45, 7) is 3.36. The second kappa shape index (κ2) is 11.9. The van der Waals surface area contributed by atoms with Crippen LogP contribution < -0.4 is 10.2 Å². The summed E-state index contributed by atoms with van der Waals surface area (Å²) in [7, 11) is -3.99. The topological polar surface area (TPSA) is 88.1 Å². The molecular weight excluding hydrogens is 457 g/mol. The van der Waals surface area contributed by atoms with Crippen LogP contribution in [-0.4, -0.2) is 38.0 Å². The number of rotatable bonds is 11. The lowest BCUT2D eigenvalue weighted by Crippen LogP contribution is -2.39. The van der Waals surface area contributed by atoms with Crippen LogP contribution >= 0.6 is 0 Å². The van der Waals surface area contributed by atoms with Gasteiger partial charge in [-0.15, -0.1) is 0 Å². The number of amides is 1. The third kappa shape index (κ3) is 7.09. The number of carbonyl (C=O) groups is 1. The number of benzene rings is 3. The number of ether oxygens (including phenoxy) is 1. The Morgan fingerprint density at radius 2 is 1.79 bits per heavy atom. The number of hydrogen-bond donors (Lipinski definition) is 1. The van der Waals surface area contributed by atoms with Crippen molar-refractivity contribution in [3.8, 4) is 5.75 Å². The highest BCUT2D eigenvalue weighted by atomic mass is 32.2. The first-order chi connectivity index (χ1) is 16.4. The van der Waals surface area contributed by atoms with Crippen LogP contribution in [0.2, 0.25) is 0 Å². The molecule has 3 aromatic carbocycles. The van der Waals surface area contributed by atoms with Crippen molar-refractivity contribution in [2.75, 3.05) is 13.2 Å². The molecule has 0 saturated carbocycles. The van der Waals surface area contributed by atoms with Gasteiger partial charge in [-0.1, -0.05) is 55.1 Å². The van der Waals surface area contributed by atoms with E-state index in [2.05, 4.69) is 17.1 Å². The van der Waals surface area contributed by atoms with Gasteiger partial charge in [0, 0.05) is 6.54 Å². The molecule has 0 bridgehead atoms. The fourth-order valence-electron chi connectivity index (χ4n) is 2.97. The van der Waals surface area contributed by atoms with Crippen molar-refractivity contribution < 1.29 is 22.3 Å². The Hall–Kier alpha value is -3.82. The molecule has 1 amide bonds. The second-order valence-corrected chi connectivity index (χ2v) is 9.12. The molecule has 176 valence electrons. The third-order valence-electron chi connectivity index (χ3n) is 4.60. The molecule has 0 heterocycles. The smallest absolute Gasteiger partial charge is 0.255 e. The van der Waals surface area contributed by atoms with Gasteiger partial charge in [0.2, 0.25) is 10.0 Å². The van der Waals surface area contributed by atoms with Crippen molar-refractivity contribution in [3.05, 3.63) is 108 Å². The first-order valence-electron chi connectivity index (χ1n) is 10.3. The molecule has 3 aromatic rings. The predicted molar refractivity (Wildman–Crippen MR) is 128 cm³/mol. The summed E-state index contributed by atoms with van der Waals surface area (Å²) in [5.41, 5.74) is 3.57. The maximum atomic E-state index is 13.3. The van der Waals surface area contributed by atoms with Gasteiger partial charge in [0.25, 0.3) is 5.91 Å². The largest absolute Gasteiger partial charge is 0.490 e. The van der Waals surface area contributed by atoms with E-state index < -0.39 is 28.3 Å². The number of nitrogens with zero attached hydrogens (tertiary/aromatic N) is 2. The van der Waals surface area contributed by atoms with Crippen LogP contribution in [-0.2, 0) is 21.4 Å². The summed E-state index contributed by atoms with van der Waals surface area (Å²) in [6, 6.07) is 20.3. The maximum Gasteiger partial charge on any atom is 0.255 e. The molecule has 0 fully saturated rings. The van der Waals surface area contributed by atoms with E-state index in [9.17, 15) is 17.6 Å². The Labute approximate surface area is 198 Å².